The van der Waals surface area contributed by atoms with Crippen LogP contribution in [0.2, 0.25) is 0 Å². The molecule has 2 fully saturated rings. The Kier molecular flexibility index (Phi) is 2.93. The molecule has 0 atom stereocenters. The zero-order valence-corrected chi connectivity index (χ0v) is 11.9. The van der Waals surface area contributed by atoms with Gasteiger partial charge in [-0.15, -0.1) is 0 Å². The highest BCUT2D eigenvalue weighted by Crippen LogP contribution is 2.31. The van der Waals surface area contributed by atoms with E-state index in [1.165, 1.54) is 42.2 Å². The molecule has 1 aromatic carbocycles. The molecule has 2 aliphatic rings. The Bertz CT molecular complexity index is 543. The molecule has 0 N–H and O–H groups in total. The van der Waals surface area contributed by atoms with Crippen LogP contribution in [0.1, 0.15) is 19.3 Å². The minimum atomic E-state index is 0.898. The van der Waals surface area contributed by atoms with Crippen LogP contribution in [-0.4, -0.2) is 42.1 Å². The zero-order valence-electron chi connectivity index (χ0n) is 11.1. The van der Waals surface area contributed by atoms with Gasteiger partial charge in [0.05, 0.1) is 10.2 Å². The van der Waals surface area contributed by atoms with Crippen LogP contribution in [0.15, 0.2) is 24.3 Å². The van der Waals surface area contributed by atoms with Crippen molar-refractivity contribution < 1.29 is 0 Å². The van der Waals surface area contributed by atoms with Crippen molar-refractivity contribution in [2.75, 3.05) is 31.1 Å². The van der Waals surface area contributed by atoms with E-state index in [0.29, 0.717) is 0 Å². The Morgan fingerprint density at radius 2 is 1.95 bits per heavy atom. The lowest BCUT2D eigenvalue weighted by Gasteiger charge is -2.20. The first-order valence-corrected chi connectivity index (χ1v) is 8.06. The molecule has 0 amide bonds. The molecule has 1 aromatic heterocycles. The van der Waals surface area contributed by atoms with Crippen LogP contribution in [0.5, 0.6) is 0 Å². The van der Waals surface area contributed by atoms with Gasteiger partial charge in [-0.3, -0.25) is 4.90 Å². The normalized spacial score (nSPS) is 21.8. The number of fused-ring (bicyclic) bond motifs is 1. The number of thiazole rings is 1. The summed E-state index contributed by atoms with van der Waals surface area (Å²) in [5, 5.41) is 1.21. The van der Waals surface area contributed by atoms with E-state index >= 15 is 0 Å². The Balaban J connectivity index is 1.54. The van der Waals surface area contributed by atoms with E-state index in [2.05, 4.69) is 34.1 Å². The number of hydrogen-bond donors (Lipinski definition) is 0. The molecule has 1 aliphatic carbocycles. The Morgan fingerprint density at radius 1 is 1.05 bits per heavy atom. The maximum Gasteiger partial charge on any atom is 0.186 e. The van der Waals surface area contributed by atoms with Gasteiger partial charge in [0, 0.05) is 32.2 Å². The summed E-state index contributed by atoms with van der Waals surface area (Å²) in [5.41, 5.74) is 1.14. The molecule has 3 nitrogen and oxygen atoms in total. The second-order valence-corrected chi connectivity index (χ2v) is 6.58. The number of nitrogens with zero attached hydrogens (tertiary/aromatic N) is 3. The summed E-state index contributed by atoms with van der Waals surface area (Å²) in [7, 11) is 0. The Labute approximate surface area is 117 Å². The van der Waals surface area contributed by atoms with Crippen LogP contribution in [0.25, 0.3) is 10.2 Å². The third kappa shape index (κ3) is 2.35. The molecule has 1 saturated carbocycles. The molecular weight excluding hydrogens is 254 g/mol. The molecule has 1 saturated heterocycles. The predicted octanol–water partition coefficient (Wildman–Crippen LogP) is 2.97. The van der Waals surface area contributed by atoms with Crippen molar-refractivity contribution in [3.05, 3.63) is 24.3 Å². The maximum atomic E-state index is 4.79. The van der Waals surface area contributed by atoms with Crippen LogP contribution in [-0.2, 0) is 0 Å². The fourth-order valence-corrected chi connectivity index (χ4v) is 3.95. The largest absolute Gasteiger partial charge is 0.347 e. The van der Waals surface area contributed by atoms with E-state index < -0.39 is 0 Å². The molecule has 0 bridgehead atoms. The van der Waals surface area contributed by atoms with Gasteiger partial charge in [0.2, 0.25) is 0 Å². The number of anilines is 1. The highest BCUT2D eigenvalue weighted by molar-refractivity contribution is 7.22. The van der Waals surface area contributed by atoms with Gasteiger partial charge in [0.1, 0.15) is 0 Å². The third-order valence-corrected chi connectivity index (χ3v) is 5.24. The molecule has 4 rings (SSSR count). The van der Waals surface area contributed by atoms with Crippen LogP contribution < -0.4 is 4.90 Å². The summed E-state index contributed by atoms with van der Waals surface area (Å²) >= 11 is 1.83. The molecule has 4 heteroatoms. The fraction of sp³-hybridized carbons (Fsp3) is 0.533. The van der Waals surface area contributed by atoms with Gasteiger partial charge in [-0.25, -0.2) is 4.98 Å². The van der Waals surface area contributed by atoms with Crippen LogP contribution >= 0.6 is 11.3 Å². The lowest BCUT2D eigenvalue weighted by molar-refractivity contribution is 0.283. The summed E-state index contributed by atoms with van der Waals surface area (Å²) in [4.78, 5) is 9.94. The first kappa shape index (κ1) is 11.7. The smallest absolute Gasteiger partial charge is 0.186 e. The molecule has 19 heavy (non-hydrogen) atoms. The second kappa shape index (κ2) is 4.76. The minimum absolute atomic E-state index is 0.898. The number of aromatic nitrogens is 1. The van der Waals surface area contributed by atoms with E-state index in [-0.39, 0.29) is 0 Å². The first-order chi connectivity index (χ1) is 9.40. The van der Waals surface area contributed by atoms with Gasteiger partial charge in [-0.2, -0.15) is 0 Å². The minimum Gasteiger partial charge on any atom is -0.347 e. The monoisotopic (exact) mass is 273 g/mol. The van der Waals surface area contributed by atoms with Gasteiger partial charge in [-0.05, 0) is 31.4 Å². The molecule has 2 heterocycles. The number of hydrogen-bond acceptors (Lipinski definition) is 4. The van der Waals surface area contributed by atoms with Crippen LogP contribution in [0.3, 0.4) is 0 Å². The Morgan fingerprint density at radius 3 is 2.79 bits per heavy atom. The van der Waals surface area contributed by atoms with Crippen molar-refractivity contribution in [1.29, 1.82) is 0 Å². The standard InChI is InChI=1S/C15H19N3S/c1-2-5-14-13(4-1)16-15(19-14)18-9-3-8-17(10-11-18)12-6-7-12/h1-2,4-5,12H,3,6-11H2. The SMILES string of the molecule is c1ccc2sc(N3CCCN(C4CC4)CC3)nc2c1. The lowest BCUT2D eigenvalue weighted by atomic mass is 10.3. The molecule has 100 valence electrons. The van der Waals surface area contributed by atoms with Crippen LogP contribution in [0.4, 0.5) is 5.13 Å². The van der Waals surface area contributed by atoms with Gasteiger partial charge < -0.3 is 4.90 Å². The third-order valence-electron chi connectivity index (χ3n) is 4.15. The van der Waals surface area contributed by atoms with Gasteiger partial charge in [0.25, 0.3) is 0 Å². The first-order valence-electron chi connectivity index (χ1n) is 7.25. The van der Waals surface area contributed by atoms with E-state index in [1.807, 2.05) is 11.3 Å². The topological polar surface area (TPSA) is 19.4 Å². The number of rotatable bonds is 2. The molecular formula is C15H19N3S. The lowest BCUT2D eigenvalue weighted by Crippen LogP contribution is -2.31. The van der Waals surface area contributed by atoms with Gasteiger partial charge >= 0.3 is 0 Å². The maximum absolute atomic E-state index is 4.79. The van der Waals surface area contributed by atoms with Gasteiger partial charge in [0.15, 0.2) is 5.13 Å². The van der Waals surface area contributed by atoms with Crippen molar-refractivity contribution in [3.8, 4) is 0 Å². The van der Waals surface area contributed by atoms with E-state index in [0.717, 1.165) is 24.6 Å². The zero-order chi connectivity index (χ0) is 12.7. The van der Waals surface area contributed by atoms with Crippen molar-refractivity contribution >= 4 is 26.7 Å². The molecule has 0 radical (unpaired) electrons. The summed E-state index contributed by atoms with van der Waals surface area (Å²) < 4.78 is 1.31. The number of benzene rings is 1. The highest BCUT2D eigenvalue weighted by Gasteiger charge is 2.30. The quantitative estimate of drug-likeness (QED) is 0.838. The second-order valence-electron chi connectivity index (χ2n) is 5.57. The molecule has 2 aromatic rings. The average Bonchev–Trinajstić information content (AvgIpc) is 3.21. The van der Waals surface area contributed by atoms with E-state index in [4.69, 9.17) is 4.98 Å². The highest BCUT2D eigenvalue weighted by atomic mass is 32.1. The average molecular weight is 273 g/mol. The summed E-state index contributed by atoms with van der Waals surface area (Å²) in [6.45, 7) is 4.77. The fourth-order valence-electron chi connectivity index (χ4n) is 2.93. The predicted molar refractivity (Wildman–Crippen MR) is 81.0 cm³/mol. The summed E-state index contributed by atoms with van der Waals surface area (Å²) in [5.74, 6) is 0. The number of para-hydroxylation sites is 1. The van der Waals surface area contributed by atoms with Crippen molar-refractivity contribution in [3.63, 3.8) is 0 Å². The molecule has 0 spiro atoms. The van der Waals surface area contributed by atoms with E-state index in [1.54, 1.807) is 0 Å². The van der Waals surface area contributed by atoms with Crippen LogP contribution in [0, 0.1) is 0 Å². The van der Waals surface area contributed by atoms with Gasteiger partial charge in [-0.1, -0.05) is 23.5 Å². The molecule has 0 unspecified atom stereocenters. The van der Waals surface area contributed by atoms with Crippen molar-refractivity contribution in [1.82, 2.24) is 9.88 Å². The Hall–Kier alpha value is -1.13. The summed E-state index contributed by atoms with van der Waals surface area (Å²) in [6, 6.07) is 9.36. The summed E-state index contributed by atoms with van der Waals surface area (Å²) in [6.07, 6.45) is 4.11. The van der Waals surface area contributed by atoms with Crippen molar-refractivity contribution in [2.24, 2.45) is 0 Å². The molecule has 1 aliphatic heterocycles. The van der Waals surface area contributed by atoms with E-state index in [9.17, 15) is 0 Å². The van der Waals surface area contributed by atoms with Crippen molar-refractivity contribution in [2.45, 2.75) is 25.3 Å².